The highest BCUT2D eigenvalue weighted by Gasteiger charge is 2.00. The number of nitrogens with zero attached hydrogens (tertiary/aromatic N) is 2. The van der Waals surface area contributed by atoms with Crippen LogP contribution in [-0.4, -0.2) is 9.78 Å². The lowest BCUT2D eigenvalue weighted by molar-refractivity contribution is 0.686. The zero-order valence-corrected chi connectivity index (χ0v) is 10.7. The van der Waals surface area contributed by atoms with E-state index in [1.165, 1.54) is 16.7 Å². The van der Waals surface area contributed by atoms with Crippen molar-refractivity contribution in [1.29, 1.82) is 0 Å². The van der Waals surface area contributed by atoms with Crippen LogP contribution in [0.3, 0.4) is 0 Å². The minimum atomic E-state index is 0.829. The van der Waals surface area contributed by atoms with Gasteiger partial charge in [0.15, 0.2) is 0 Å². The van der Waals surface area contributed by atoms with Crippen LogP contribution < -0.4 is 0 Å². The standard InChI is InChI=1S/C17H16N2/c1-3-7-15(8-4-1)11-17-12-18-19(14-17)13-16-9-5-2-6-10-16/h1-10,12,14H,11,13H2. The summed E-state index contributed by atoms with van der Waals surface area (Å²) in [6, 6.07) is 20.9. The Bertz CT molecular complexity index is 571. The summed E-state index contributed by atoms with van der Waals surface area (Å²) in [7, 11) is 0. The highest BCUT2D eigenvalue weighted by molar-refractivity contribution is 5.23. The quantitative estimate of drug-likeness (QED) is 0.690. The van der Waals surface area contributed by atoms with Crippen LogP contribution in [0.4, 0.5) is 0 Å². The monoisotopic (exact) mass is 248 g/mol. The highest BCUT2D eigenvalue weighted by atomic mass is 15.3. The molecule has 0 aliphatic heterocycles. The molecule has 1 aromatic heterocycles. The number of aromatic nitrogens is 2. The van der Waals surface area contributed by atoms with Crippen molar-refractivity contribution in [3.8, 4) is 0 Å². The summed E-state index contributed by atoms with van der Waals surface area (Å²) in [5.74, 6) is 0. The molecule has 2 nitrogen and oxygen atoms in total. The van der Waals surface area contributed by atoms with Gasteiger partial charge in [0.05, 0.1) is 12.7 Å². The van der Waals surface area contributed by atoms with Crippen LogP contribution in [0, 0.1) is 0 Å². The third-order valence-corrected chi connectivity index (χ3v) is 3.13. The first kappa shape index (κ1) is 11.7. The molecule has 0 radical (unpaired) electrons. The average molecular weight is 248 g/mol. The SMILES string of the molecule is c1ccc(Cc2cnn(Cc3ccccc3)c2)cc1. The number of rotatable bonds is 4. The smallest absolute Gasteiger partial charge is 0.0659 e. The van der Waals surface area contributed by atoms with Gasteiger partial charge in [0.25, 0.3) is 0 Å². The molecule has 3 rings (SSSR count). The average Bonchev–Trinajstić information content (AvgIpc) is 2.88. The molecule has 2 aromatic carbocycles. The molecule has 0 aliphatic rings. The summed E-state index contributed by atoms with van der Waals surface area (Å²) in [4.78, 5) is 0. The van der Waals surface area contributed by atoms with E-state index in [0.717, 1.165) is 13.0 Å². The van der Waals surface area contributed by atoms with E-state index in [1.54, 1.807) is 0 Å². The van der Waals surface area contributed by atoms with E-state index in [1.807, 2.05) is 23.0 Å². The van der Waals surface area contributed by atoms with Gasteiger partial charge in [0.1, 0.15) is 0 Å². The lowest BCUT2D eigenvalue weighted by Gasteiger charge is -2.01. The number of hydrogen-bond acceptors (Lipinski definition) is 1. The Balaban J connectivity index is 1.70. The molecule has 0 saturated heterocycles. The normalized spacial score (nSPS) is 10.5. The molecule has 0 fully saturated rings. The summed E-state index contributed by atoms with van der Waals surface area (Å²) >= 11 is 0. The molecule has 0 aliphatic carbocycles. The van der Waals surface area contributed by atoms with Crippen LogP contribution >= 0.6 is 0 Å². The topological polar surface area (TPSA) is 17.8 Å². The molecule has 0 saturated carbocycles. The van der Waals surface area contributed by atoms with E-state index in [9.17, 15) is 0 Å². The first-order chi connectivity index (χ1) is 9.40. The molecule has 1 heterocycles. The van der Waals surface area contributed by atoms with E-state index >= 15 is 0 Å². The summed E-state index contributed by atoms with van der Waals surface area (Å²) in [5, 5.41) is 4.42. The first-order valence-corrected chi connectivity index (χ1v) is 6.49. The maximum atomic E-state index is 4.42. The molecule has 0 amide bonds. The second-order valence-corrected chi connectivity index (χ2v) is 4.69. The predicted molar refractivity (Wildman–Crippen MR) is 77.0 cm³/mol. The van der Waals surface area contributed by atoms with Gasteiger partial charge in [-0.2, -0.15) is 5.10 Å². The van der Waals surface area contributed by atoms with Crippen LogP contribution in [0.2, 0.25) is 0 Å². The van der Waals surface area contributed by atoms with Crippen LogP contribution in [-0.2, 0) is 13.0 Å². The van der Waals surface area contributed by atoms with Crippen molar-refractivity contribution in [2.75, 3.05) is 0 Å². The maximum absolute atomic E-state index is 4.42. The van der Waals surface area contributed by atoms with Crippen molar-refractivity contribution >= 4 is 0 Å². The third-order valence-electron chi connectivity index (χ3n) is 3.13. The molecule has 3 aromatic rings. The van der Waals surface area contributed by atoms with Crippen molar-refractivity contribution in [3.05, 3.63) is 89.7 Å². The molecule has 94 valence electrons. The molecule has 19 heavy (non-hydrogen) atoms. The second-order valence-electron chi connectivity index (χ2n) is 4.69. The molecule has 0 bridgehead atoms. The molecule has 2 heteroatoms. The molecule has 0 atom stereocenters. The maximum Gasteiger partial charge on any atom is 0.0659 e. The molecule has 0 unspecified atom stereocenters. The van der Waals surface area contributed by atoms with Gasteiger partial charge < -0.3 is 0 Å². The van der Waals surface area contributed by atoms with Crippen LogP contribution in [0.1, 0.15) is 16.7 Å². The Morgan fingerprint density at radius 2 is 1.37 bits per heavy atom. The largest absolute Gasteiger partial charge is 0.268 e. The van der Waals surface area contributed by atoms with Crippen LogP contribution in [0.5, 0.6) is 0 Å². The van der Waals surface area contributed by atoms with Gasteiger partial charge in [-0.25, -0.2) is 0 Å². The Hall–Kier alpha value is -2.35. The van der Waals surface area contributed by atoms with Crippen molar-refractivity contribution in [3.63, 3.8) is 0 Å². The third kappa shape index (κ3) is 3.10. The second kappa shape index (κ2) is 5.53. The van der Waals surface area contributed by atoms with Crippen molar-refractivity contribution in [1.82, 2.24) is 9.78 Å². The van der Waals surface area contributed by atoms with Crippen molar-refractivity contribution in [2.24, 2.45) is 0 Å². The molecule has 0 N–H and O–H groups in total. The van der Waals surface area contributed by atoms with E-state index in [0.29, 0.717) is 0 Å². The van der Waals surface area contributed by atoms with Crippen LogP contribution in [0.15, 0.2) is 73.1 Å². The zero-order chi connectivity index (χ0) is 12.9. The Labute approximate surface area is 113 Å². The summed E-state index contributed by atoms with van der Waals surface area (Å²) in [6.07, 6.45) is 5.02. The van der Waals surface area contributed by atoms with Gasteiger partial charge in [0, 0.05) is 12.6 Å². The Morgan fingerprint density at radius 3 is 2.05 bits per heavy atom. The minimum Gasteiger partial charge on any atom is -0.268 e. The highest BCUT2D eigenvalue weighted by Crippen LogP contribution is 2.09. The Kier molecular flexibility index (Phi) is 3.41. The van der Waals surface area contributed by atoms with Crippen molar-refractivity contribution in [2.45, 2.75) is 13.0 Å². The molecular formula is C17H16N2. The summed E-state index contributed by atoms with van der Waals surface area (Å²) in [5.41, 5.74) is 3.85. The summed E-state index contributed by atoms with van der Waals surface area (Å²) < 4.78 is 1.99. The van der Waals surface area contributed by atoms with Gasteiger partial charge >= 0.3 is 0 Å². The first-order valence-electron chi connectivity index (χ1n) is 6.49. The lowest BCUT2D eigenvalue weighted by Crippen LogP contribution is -1.99. The Morgan fingerprint density at radius 1 is 0.737 bits per heavy atom. The fourth-order valence-electron chi connectivity index (χ4n) is 2.19. The van der Waals surface area contributed by atoms with Gasteiger partial charge in [-0.1, -0.05) is 60.7 Å². The summed E-state index contributed by atoms with van der Waals surface area (Å²) in [6.45, 7) is 0.829. The minimum absolute atomic E-state index is 0.829. The molecular weight excluding hydrogens is 232 g/mol. The van der Waals surface area contributed by atoms with Gasteiger partial charge in [-0.15, -0.1) is 0 Å². The van der Waals surface area contributed by atoms with Gasteiger partial charge in [-0.05, 0) is 16.7 Å². The zero-order valence-electron chi connectivity index (χ0n) is 10.7. The van der Waals surface area contributed by atoms with E-state index < -0.39 is 0 Å². The van der Waals surface area contributed by atoms with Crippen molar-refractivity contribution < 1.29 is 0 Å². The number of hydrogen-bond donors (Lipinski definition) is 0. The van der Waals surface area contributed by atoms with E-state index in [2.05, 4.69) is 59.8 Å². The van der Waals surface area contributed by atoms with E-state index in [4.69, 9.17) is 0 Å². The van der Waals surface area contributed by atoms with E-state index in [-0.39, 0.29) is 0 Å². The fourth-order valence-corrected chi connectivity index (χ4v) is 2.19. The van der Waals surface area contributed by atoms with Gasteiger partial charge in [0.2, 0.25) is 0 Å². The molecule has 0 spiro atoms. The number of benzene rings is 2. The van der Waals surface area contributed by atoms with Gasteiger partial charge in [-0.3, -0.25) is 4.68 Å². The fraction of sp³-hybridized carbons (Fsp3) is 0.118. The lowest BCUT2D eigenvalue weighted by atomic mass is 10.1. The predicted octanol–water partition coefficient (Wildman–Crippen LogP) is 3.52. The van der Waals surface area contributed by atoms with Crippen LogP contribution in [0.25, 0.3) is 0 Å².